The predicted octanol–water partition coefficient (Wildman–Crippen LogP) is 4.93. The number of carbonyl (C=O) groups excluding carboxylic acids is 1. The van der Waals surface area contributed by atoms with Crippen LogP contribution in [0.4, 0.5) is 5.69 Å². The summed E-state index contributed by atoms with van der Waals surface area (Å²) in [6.07, 6.45) is 0. The van der Waals surface area contributed by atoms with Gasteiger partial charge in [-0.2, -0.15) is 0 Å². The lowest BCUT2D eigenvalue weighted by atomic mass is 10.1. The summed E-state index contributed by atoms with van der Waals surface area (Å²) in [5, 5.41) is 10.9. The second-order valence-electron chi connectivity index (χ2n) is 5.25. The maximum Gasteiger partial charge on any atom is 0.234 e. The fourth-order valence-corrected chi connectivity index (χ4v) is 3.20. The van der Waals surface area contributed by atoms with Crippen molar-refractivity contribution in [2.75, 3.05) is 11.1 Å². The Balaban J connectivity index is 1.59. The smallest absolute Gasteiger partial charge is 0.234 e. The minimum absolute atomic E-state index is 0.148. The normalized spacial score (nSPS) is 10.7. The number of aromatic nitrogens is 3. The van der Waals surface area contributed by atoms with Crippen molar-refractivity contribution in [3.05, 3.63) is 57.5 Å². The molecule has 0 fully saturated rings. The molecule has 1 heterocycles. The molecular formula is C17H14BrClN4OS. The van der Waals surface area contributed by atoms with Crippen LogP contribution in [-0.4, -0.2) is 26.8 Å². The maximum absolute atomic E-state index is 12.1. The van der Waals surface area contributed by atoms with Gasteiger partial charge in [0.05, 0.1) is 10.8 Å². The molecule has 0 radical (unpaired) electrons. The Morgan fingerprint density at radius 1 is 1.32 bits per heavy atom. The lowest BCUT2D eigenvalue weighted by Crippen LogP contribution is -2.14. The monoisotopic (exact) mass is 436 g/mol. The van der Waals surface area contributed by atoms with Crippen LogP contribution in [-0.2, 0) is 4.79 Å². The first-order chi connectivity index (χ1) is 12.0. The van der Waals surface area contributed by atoms with E-state index in [9.17, 15) is 4.79 Å². The van der Waals surface area contributed by atoms with Gasteiger partial charge >= 0.3 is 0 Å². The first kappa shape index (κ1) is 18.0. The Hall–Kier alpha value is -1.83. The second kappa shape index (κ2) is 8.03. The number of nitrogens with one attached hydrogen (secondary N) is 2. The molecule has 0 aliphatic heterocycles. The largest absolute Gasteiger partial charge is 0.325 e. The van der Waals surface area contributed by atoms with E-state index in [1.54, 1.807) is 18.2 Å². The van der Waals surface area contributed by atoms with E-state index in [1.165, 1.54) is 11.8 Å². The summed E-state index contributed by atoms with van der Waals surface area (Å²) >= 11 is 10.6. The number of halogens is 2. The number of rotatable bonds is 5. The number of nitrogens with zero attached hydrogens (tertiary/aromatic N) is 2. The molecule has 1 aromatic heterocycles. The number of anilines is 1. The van der Waals surface area contributed by atoms with Crippen LogP contribution >= 0.6 is 39.3 Å². The summed E-state index contributed by atoms with van der Waals surface area (Å²) in [6.45, 7) is 2.02. The van der Waals surface area contributed by atoms with Gasteiger partial charge in [0.25, 0.3) is 0 Å². The maximum atomic E-state index is 12.1. The van der Waals surface area contributed by atoms with Crippen LogP contribution in [0, 0.1) is 6.92 Å². The number of aryl methyl sites for hydroxylation is 1. The average Bonchev–Trinajstić information content (AvgIpc) is 3.05. The summed E-state index contributed by atoms with van der Waals surface area (Å²) in [5.41, 5.74) is 2.75. The number of benzene rings is 2. The number of amides is 1. The number of hydrogen-bond acceptors (Lipinski definition) is 4. The van der Waals surface area contributed by atoms with Gasteiger partial charge in [0, 0.05) is 15.7 Å². The van der Waals surface area contributed by atoms with Crippen molar-refractivity contribution in [3.8, 4) is 11.4 Å². The first-order valence-corrected chi connectivity index (χ1v) is 9.54. The minimum atomic E-state index is -0.148. The highest BCUT2D eigenvalue weighted by Gasteiger charge is 2.11. The molecule has 3 aromatic rings. The second-order valence-corrected chi connectivity index (χ2v) is 7.45. The molecule has 0 saturated carbocycles. The molecule has 0 bridgehead atoms. The molecule has 0 spiro atoms. The molecule has 8 heteroatoms. The van der Waals surface area contributed by atoms with Crippen molar-refractivity contribution in [2.45, 2.75) is 12.1 Å². The number of carbonyl (C=O) groups is 1. The Bertz CT molecular complexity index is 915. The zero-order chi connectivity index (χ0) is 17.8. The molecule has 128 valence electrons. The Morgan fingerprint density at radius 2 is 2.12 bits per heavy atom. The van der Waals surface area contributed by atoms with Crippen molar-refractivity contribution < 1.29 is 4.79 Å². The van der Waals surface area contributed by atoms with Crippen LogP contribution in [0.2, 0.25) is 5.02 Å². The van der Waals surface area contributed by atoms with Gasteiger partial charge in [-0.25, -0.2) is 4.98 Å². The van der Waals surface area contributed by atoms with E-state index < -0.39 is 0 Å². The molecule has 1 amide bonds. The standard InChI is InChI=1S/C17H14BrClN4OS/c1-10-4-2-3-5-12(10)16-21-17(23-22-16)25-9-15(24)20-11-6-7-13(18)14(19)8-11/h2-8H,9H2,1H3,(H,20,24)(H,21,22,23). The lowest BCUT2D eigenvalue weighted by molar-refractivity contribution is -0.113. The number of aromatic amines is 1. The van der Waals surface area contributed by atoms with E-state index in [2.05, 4.69) is 36.4 Å². The van der Waals surface area contributed by atoms with Crippen LogP contribution in [0.3, 0.4) is 0 Å². The molecule has 3 rings (SSSR count). The van der Waals surface area contributed by atoms with E-state index in [1.807, 2.05) is 31.2 Å². The topological polar surface area (TPSA) is 70.7 Å². The zero-order valence-electron chi connectivity index (χ0n) is 13.2. The van der Waals surface area contributed by atoms with E-state index in [4.69, 9.17) is 11.6 Å². The van der Waals surface area contributed by atoms with Gasteiger partial charge in [-0.15, -0.1) is 5.10 Å². The summed E-state index contributed by atoms with van der Waals surface area (Å²) in [6, 6.07) is 13.2. The highest BCUT2D eigenvalue weighted by Crippen LogP contribution is 2.26. The van der Waals surface area contributed by atoms with Crippen LogP contribution in [0.25, 0.3) is 11.4 Å². The SMILES string of the molecule is Cc1ccccc1-c1nc(SCC(=O)Nc2ccc(Br)c(Cl)c2)n[nH]1. The molecule has 0 aliphatic rings. The van der Waals surface area contributed by atoms with E-state index in [-0.39, 0.29) is 11.7 Å². The molecule has 5 nitrogen and oxygen atoms in total. The fraction of sp³-hybridized carbons (Fsp3) is 0.118. The molecule has 25 heavy (non-hydrogen) atoms. The van der Waals surface area contributed by atoms with Gasteiger partial charge in [-0.3, -0.25) is 9.89 Å². The van der Waals surface area contributed by atoms with Gasteiger partial charge in [-0.1, -0.05) is 47.6 Å². The van der Waals surface area contributed by atoms with Gasteiger partial charge in [0.2, 0.25) is 11.1 Å². The third kappa shape index (κ3) is 4.62. The third-order valence-electron chi connectivity index (χ3n) is 3.40. The lowest BCUT2D eigenvalue weighted by Gasteiger charge is -2.05. The van der Waals surface area contributed by atoms with Gasteiger partial charge in [-0.05, 0) is 46.6 Å². The number of H-pyrrole nitrogens is 1. The Kier molecular flexibility index (Phi) is 5.78. The number of thioether (sulfide) groups is 1. The van der Waals surface area contributed by atoms with Crippen LogP contribution in [0.5, 0.6) is 0 Å². The van der Waals surface area contributed by atoms with Gasteiger partial charge in [0.1, 0.15) is 0 Å². The minimum Gasteiger partial charge on any atom is -0.325 e. The third-order valence-corrected chi connectivity index (χ3v) is 5.48. The highest BCUT2D eigenvalue weighted by atomic mass is 79.9. The average molecular weight is 438 g/mol. The summed E-state index contributed by atoms with van der Waals surface area (Å²) in [7, 11) is 0. The summed E-state index contributed by atoms with van der Waals surface area (Å²) in [5.74, 6) is 0.755. The van der Waals surface area contributed by atoms with Crippen LogP contribution in [0.1, 0.15) is 5.56 Å². The van der Waals surface area contributed by atoms with Crippen molar-refractivity contribution in [3.63, 3.8) is 0 Å². The van der Waals surface area contributed by atoms with E-state index in [0.29, 0.717) is 21.7 Å². The highest BCUT2D eigenvalue weighted by molar-refractivity contribution is 9.10. The zero-order valence-corrected chi connectivity index (χ0v) is 16.4. The first-order valence-electron chi connectivity index (χ1n) is 7.39. The summed E-state index contributed by atoms with van der Waals surface area (Å²) < 4.78 is 0.783. The van der Waals surface area contributed by atoms with Crippen molar-refractivity contribution in [1.29, 1.82) is 0 Å². The van der Waals surface area contributed by atoms with E-state index >= 15 is 0 Å². The molecule has 0 saturated heterocycles. The van der Waals surface area contributed by atoms with Crippen molar-refractivity contribution >= 4 is 50.9 Å². The van der Waals surface area contributed by atoms with Crippen molar-refractivity contribution in [1.82, 2.24) is 15.2 Å². The fourth-order valence-electron chi connectivity index (χ4n) is 2.17. The van der Waals surface area contributed by atoms with Gasteiger partial charge < -0.3 is 5.32 Å². The Morgan fingerprint density at radius 3 is 2.88 bits per heavy atom. The van der Waals surface area contributed by atoms with Gasteiger partial charge in [0.15, 0.2) is 5.82 Å². The van der Waals surface area contributed by atoms with Crippen LogP contribution < -0.4 is 5.32 Å². The summed E-state index contributed by atoms with van der Waals surface area (Å²) in [4.78, 5) is 16.5. The van der Waals surface area contributed by atoms with Crippen molar-refractivity contribution in [2.24, 2.45) is 0 Å². The predicted molar refractivity (Wildman–Crippen MR) is 105 cm³/mol. The number of hydrogen-bond donors (Lipinski definition) is 2. The molecular weight excluding hydrogens is 424 g/mol. The molecule has 0 unspecified atom stereocenters. The quantitative estimate of drug-likeness (QED) is 0.555. The van der Waals surface area contributed by atoms with E-state index in [0.717, 1.165) is 15.6 Å². The molecule has 2 N–H and O–H groups in total. The molecule has 0 atom stereocenters. The Labute approximate surface area is 162 Å². The molecule has 2 aromatic carbocycles. The van der Waals surface area contributed by atoms with Crippen LogP contribution in [0.15, 0.2) is 52.1 Å². The molecule has 0 aliphatic carbocycles.